The van der Waals surface area contributed by atoms with Crippen molar-refractivity contribution in [2.45, 2.75) is 65.3 Å². The van der Waals surface area contributed by atoms with Gasteiger partial charge in [-0.1, -0.05) is 13.8 Å². The molecule has 0 fully saturated rings. The van der Waals surface area contributed by atoms with Crippen molar-refractivity contribution >= 4 is 18.1 Å². The smallest absolute Gasteiger partial charge is 0.427 e. The van der Waals surface area contributed by atoms with Gasteiger partial charge in [0.2, 0.25) is 5.95 Å². The van der Waals surface area contributed by atoms with Crippen molar-refractivity contribution < 1.29 is 37.0 Å². The second kappa shape index (κ2) is 11.3. The van der Waals surface area contributed by atoms with Crippen molar-refractivity contribution in [1.29, 1.82) is 0 Å². The molecule has 2 rings (SSSR count). The number of ether oxygens (including phenoxy) is 3. The molecule has 1 aromatic heterocycles. The van der Waals surface area contributed by atoms with Gasteiger partial charge < -0.3 is 19.9 Å². The molecule has 1 aromatic carbocycles. The lowest BCUT2D eigenvalue weighted by Crippen LogP contribution is -2.43. The molecular formula is C25H33F3N4O5. The summed E-state index contributed by atoms with van der Waals surface area (Å²) >= 11 is 0. The van der Waals surface area contributed by atoms with E-state index in [2.05, 4.69) is 14.7 Å². The number of carbonyl (C=O) groups excluding carboxylic acids is 2. The van der Waals surface area contributed by atoms with E-state index in [0.29, 0.717) is 11.3 Å². The predicted molar refractivity (Wildman–Crippen MR) is 131 cm³/mol. The van der Waals surface area contributed by atoms with Crippen molar-refractivity contribution in [3.63, 3.8) is 0 Å². The number of alkyl halides is 3. The Morgan fingerprint density at radius 3 is 2.27 bits per heavy atom. The fourth-order valence-corrected chi connectivity index (χ4v) is 3.52. The van der Waals surface area contributed by atoms with Crippen LogP contribution in [0, 0.1) is 5.92 Å². The van der Waals surface area contributed by atoms with E-state index in [-0.39, 0.29) is 29.5 Å². The summed E-state index contributed by atoms with van der Waals surface area (Å²) in [4.78, 5) is 33.4. The number of halogens is 3. The van der Waals surface area contributed by atoms with Crippen LogP contribution in [-0.4, -0.2) is 47.0 Å². The molecule has 2 aromatic rings. The Hall–Kier alpha value is -3.41. The molecule has 1 atom stereocenters. The van der Waals surface area contributed by atoms with Crippen molar-refractivity contribution in [3.8, 4) is 17.0 Å². The average Bonchev–Trinajstić information content (AvgIpc) is 2.75. The Kier molecular flexibility index (Phi) is 9.13. The second-order valence-electron chi connectivity index (χ2n) is 10.3. The van der Waals surface area contributed by atoms with Gasteiger partial charge in [0.05, 0.1) is 18.4 Å². The number of nitrogens with zero attached hydrogens (tertiary/aromatic N) is 3. The highest BCUT2D eigenvalue weighted by Gasteiger charge is 2.36. The van der Waals surface area contributed by atoms with Crippen LogP contribution in [0.2, 0.25) is 0 Å². The van der Waals surface area contributed by atoms with Crippen LogP contribution >= 0.6 is 0 Å². The summed E-state index contributed by atoms with van der Waals surface area (Å²) < 4.78 is 57.1. The number of rotatable bonds is 7. The largest absolute Gasteiger partial charge is 0.491 e. The summed E-state index contributed by atoms with van der Waals surface area (Å²) in [6.07, 6.45) is -5.22. The van der Waals surface area contributed by atoms with E-state index in [9.17, 15) is 22.8 Å². The number of nitrogens with two attached hydrogens (primary N) is 1. The van der Waals surface area contributed by atoms with Gasteiger partial charge in [-0.15, -0.1) is 4.90 Å². The third kappa shape index (κ3) is 8.59. The van der Waals surface area contributed by atoms with E-state index >= 15 is 0 Å². The summed E-state index contributed by atoms with van der Waals surface area (Å²) in [6.45, 7) is 10.3. The van der Waals surface area contributed by atoms with Crippen LogP contribution in [0.5, 0.6) is 5.75 Å². The van der Waals surface area contributed by atoms with E-state index in [1.165, 1.54) is 24.4 Å². The number of aromatic nitrogens is 2. The van der Waals surface area contributed by atoms with Crippen LogP contribution in [0.15, 0.2) is 30.5 Å². The first-order valence-corrected chi connectivity index (χ1v) is 11.5. The van der Waals surface area contributed by atoms with E-state index < -0.39 is 41.0 Å². The molecule has 9 nitrogen and oxygen atoms in total. The highest BCUT2D eigenvalue weighted by molar-refractivity contribution is 6.08. The second-order valence-corrected chi connectivity index (χ2v) is 10.3. The molecule has 0 aliphatic carbocycles. The molecule has 0 unspecified atom stereocenters. The minimum atomic E-state index is -4.74. The zero-order valence-corrected chi connectivity index (χ0v) is 22.0. The molecule has 1 heterocycles. The Labute approximate surface area is 214 Å². The zero-order chi connectivity index (χ0) is 28.2. The van der Waals surface area contributed by atoms with E-state index in [4.69, 9.17) is 15.2 Å². The minimum Gasteiger partial charge on any atom is -0.491 e. The molecule has 0 bridgehead atoms. The highest BCUT2D eigenvalue weighted by atomic mass is 19.4. The maximum absolute atomic E-state index is 13.9. The quantitative estimate of drug-likeness (QED) is 0.480. The Morgan fingerprint density at radius 2 is 1.73 bits per heavy atom. The molecule has 204 valence electrons. The number of anilines is 1. The van der Waals surface area contributed by atoms with Crippen molar-refractivity contribution in [2.24, 2.45) is 11.7 Å². The monoisotopic (exact) mass is 526 g/mol. The Balaban J connectivity index is 2.46. The molecule has 0 spiro atoms. The third-order valence-corrected chi connectivity index (χ3v) is 4.79. The first-order chi connectivity index (χ1) is 16.9. The maximum Gasteiger partial charge on any atom is 0.427 e. The van der Waals surface area contributed by atoms with Crippen LogP contribution < -0.4 is 15.4 Å². The topological polar surface area (TPSA) is 117 Å². The molecular weight excluding hydrogens is 493 g/mol. The van der Waals surface area contributed by atoms with Crippen LogP contribution in [0.1, 0.15) is 53.5 Å². The van der Waals surface area contributed by atoms with Gasteiger partial charge in [0.25, 0.3) is 0 Å². The lowest BCUT2D eigenvalue weighted by atomic mass is 9.93. The fourth-order valence-electron chi connectivity index (χ4n) is 3.52. The summed E-state index contributed by atoms with van der Waals surface area (Å²) in [7, 11) is 1.05. The molecule has 0 saturated heterocycles. The van der Waals surface area contributed by atoms with Gasteiger partial charge in [-0.05, 0) is 64.3 Å². The molecule has 0 radical (unpaired) electrons. The number of hydrogen-bond donors (Lipinski definition) is 1. The van der Waals surface area contributed by atoms with Crippen LogP contribution in [0.4, 0.5) is 28.7 Å². The van der Waals surface area contributed by atoms with Gasteiger partial charge in [-0.25, -0.2) is 19.6 Å². The number of hydrogen-bond acceptors (Lipinski definition) is 8. The number of benzene rings is 1. The van der Waals surface area contributed by atoms with Gasteiger partial charge in [-0.2, -0.15) is 13.2 Å². The molecule has 2 N–H and O–H groups in total. The maximum atomic E-state index is 13.9. The molecule has 0 saturated carbocycles. The van der Waals surface area contributed by atoms with Gasteiger partial charge >= 0.3 is 18.4 Å². The summed E-state index contributed by atoms with van der Waals surface area (Å²) in [5, 5.41) is 0. The van der Waals surface area contributed by atoms with E-state index in [0.717, 1.165) is 13.2 Å². The Morgan fingerprint density at radius 1 is 1.08 bits per heavy atom. The number of methoxy groups -OCH3 is 1. The van der Waals surface area contributed by atoms with Crippen LogP contribution in [-0.2, 0) is 15.7 Å². The minimum absolute atomic E-state index is 0.0167. The van der Waals surface area contributed by atoms with E-state index in [1.807, 2.05) is 13.8 Å². The SMILES string of the molecule is COC(=O)N(C(=O)OC(C)(C)C)c1nccc(-c2ccc(OC[C@@](C)(N)CC(C)C)c(C(F)(F)F)c2)n1. The van der Waals surface area contributed by atoms with Gasteiger partial charge in [0.15, 0.2) is 0 Å². The van der Waals surface area contributed by atoms with Gasteiger partial charge in [-0.3, -0.25) is 0 Å². The first-order valence-electron chi connectivity index (χ1n) is 11.5. The summed E-state index contributed by atoms with van der Waals surface area (Å²) in [5.74, 6) is -0.573. The number of carbonyl (C=O) groups is 2. The summed E-state index contributed by atoms with van der Waals surface area (Å²) in [5.41, 5.74) is 3.45. The molecule has 0 aliphatic heterocycles. The fraction of sp³-hybridized carbons (Fsp3) is 0.520. The summed E-state index contributed by atoms with van der Waals surface area (Å²) in [6, 6.07) is 4.76. The normalized spacial score (nSPS) is 13.6. The van der Waals surface area contributed by atoms with Crippen molar-refractivity contribution in [2.75, 3.05) is 18.6 Å². The van der Waals surface area contributed by atoms with Crippen LogP contribution in [0.3, 0.4) is 0 Å². The third-order valence-electron chi connectivity index (χ3n) is 4.79. The number of amides is 2. The highest BCUT2D eigenvalue weighted by Crippen LogP contribution is 2.39. The molecule has 12 heteroatoms. The molecule has 0 aliphatic rings. The van der Waals surface area contributed by atoms with Crippen LogP contribution in [0.25, 0.3) is 11.3 Å². The molecule has 2 amide bonds. The zero-order valence-electron chi connectivity index (χ0n) is 22.0. The van der Waals surface area contributed by atoms with E-state index in [1.54, 1.807) is 27.7 Å². The van der Waals surface area contributed by atoms with Gasteiger partial charge in [0.1, 0.15) is 18.0 Å². The van der Waals surface area contributed by atoms with Crippen molar-refractivity contribution in [3.05, 3.63) is 36.0 Å². The van der Waals surface area contributed by atoms with Gasteiger partial charge in [0, 0.05) is 17.3 Å². The standard InChI is InChI=1S/C25H33F3N4O5/c1-15(2)13-24(6,29)14-36-19-9-8-16(12-17(19)25(26,27)28)18-10-11-30-20(31-18)32(21(33)35-7)22(34)37-23(3,4)5/h8-12,15H,13-14,29H2,1-7H3/t24-/m0/s1. The molecule has 37 heavy (non-hydrogen) atoms. The van der Waals surface area contributed by atoms with Crippen molar-refractivity contribution in [1.82, 2.24) is 9.97 Å². The lowest BCUT2D eigenvalue weighted by molar-refractivity contribution is -0.139. The average molecular weight is 527 g/mol. The first kappa shape index (κ1) is 29.8. The lowest BCUT2D eigenvalue weighted by Gasteiger charge is -2.27. The predicted octanol–water partition coefficient (Wildman–Crippen LogP) is 5.81. The Bertz CT molecular complexity index is 1110. The number of imide groups is 1.